The Labute approximate surface area is 137 Å². The number of aromatic carboxylic acids is 1. The number of hydrogen-bond donors (Lipinski definition) is 2. The predicted octanol–water partition coefficient (Wildman–Crippen LogP) is 3.84. The lowest BCUT2D eigenvalue weighted by Crippen LogP contribution is -2.21. The Hall–Kier alpha value is -2.33. The van der Waals surface area contributed by atoms with Crippen LogP contribution in [0.5, 0.6) is 0 Å². The van der Waals surface area contributed by atoms with Crippen molar-refractivity contribution in [1.29, 1.82) is 0 Å². The third-order valence-corrected chi connectivity index (χ3v) is 3.93. The van der Waals surface area contributed by atoms with E-state index in [1.165, 1.54) is 5.56 Å². The topological polar surface area (TPSA) is 52.6 Å². The van der Waals surface area contributed by atoms with Gasteiger partial charge in [0.2, 0.25) is 0 Å². The van der Waals surface area contributed by atoms with Gasteiger partial charge in [-0.05, 0) is 48.5 Å². The number of carbonyl (C=O) groups is 1. The summed E-state index contributed by atoms with van der Waals surface area (Å²) < 4.78 is 0. The number of nitrogens with zero attached hydrogens (tertiary/aromatic N) is 1. The van der Waals surface area contributed by atoms with Gasteiger partial charge in [-0.2, -0.15) is 0 Å². The number of carboxylic acids is 1. The summed E-state index contributed by atoms with van der Waals surface area (Å²) in [6.07, 6.45) is 0. The van der Waals surface area contributed by atoms with Crippen LogP contribution < -0.4 is 5.32 Å². The predicted molar refractivity (Wildman–Crippen MR) is 93.8 cm³/mol. The quantitative estimate of drug-likeness (QED) is 0.777. The van der Waals surface area contributed by atoms with Crippen LogP contribution in [-0.2, 0) is 13.1 Å². The average molecular weight is 312 g/mol. The summed E-state index contributed by atoms with van der Waals surface area (Å²) >= 11 is 0. The molecule has 2 aromatic rings. The zero-order chi connectivity index (χ0) is 16.7. The van der Waals surface area contributed by atoms with Gasteiger partial charge < -0.3 is 10.4 Å². The molecule has 4 heteroatoms. The first-order valence-corrected chi connectivity index (χ1v) is 7.99. The van der Waals surface area contributed by atoms with Crippen molar-refractivity contribution in [2.24, 2.45) is 0 Å². The largest absolute Gasteiger partial charge is 0.478 e. The molecule has 0 spiro atoms. The van der Waals surface area contributed by atoms with Crippen molar-refractivity contribution in [2.75, 3.05) is 18.4 Å². The lowest BCUT2D eigenvalue weighted by atomic mass is 10.1. The molecule has 0 heterocycles. The van der Waals surface area contributed by atoms with E-state index in [0.29, 0.717) is 12.1 Å². The first-order chi connectivity index (χ1) is 11.1. The molecule has 23 heavy (non-hydrogen) atoms. The highest BCUT2D eigenvalue weighted by atomic mass is 16.4. The van der Waals surface area contributed by atoms with Crippen molar-refractivity contribution < 1.29 is 9.90 Å². The first kappa shape index (κ1) is 17.0. The molecule has 0 atom stereocenters. The molecule has 122 valence electrons. The molecule has 0 amide bonds. The fourth-order valence-electron chi connectivity index (χ4n) is 2.45. The normalized spacial score (nSPS) is 10.7. The van der Waals surface area contributed by atoms with Gasteiger partial charge in [-0.1, -0.05) is 38.1 Å². The van der Waals surface area contributed by atoms with Crippen LogP contribution in [0.15, 0.2) is 48.5 Å². The van der Waals surface area contributed by atoms with Crippen molar-refractivity contribution in [2.45, 2.75) is 26.9 Å². The van der Waals surface area contributed by atoms with Gasteiger partial charge in [0, 0.05) is 18.8 Å². The van der Waals surface area contributed by atoms with Gasteiger partial charge in [0.25, 0.3) is 0 Å². The number of nitrogens with one attached hydrogen (secondary N) is 1. The molecule has 0 saturated carbocycles. The first-order valence-electron chi connectivity index (χ1n) is 7.99. The van der Waals surface area contributed by atoms with Crippen LogP contribution >= 0.6 is 0 Å². The van der Waals surface area contributed by atoms with E-state index in [1.54, 1.807) is 18.2 Å². The molecule has 0 unspecified atom stereocenters. The summed E-state index contributed by atoms with van der Waals surface area (Å²) in [4.78, 5) is 13.4. The minimum atomic E-state index is -0.896. The van der Waals surface area contributed by atoms with Crippen LogP contribution in [-0.4, -0.2) is 29.1 Å². The Bertz CT molecular complexity index is 634. The Morgan fingerprint density at radius 3 is 2.35 bits per heavy atom. The molecule has 0 aliphatic rings. The maximum atomic E-state index is 11.0. The molecule has 0 aliphatic carbocycles. The fraction of sp³-hybridized carbons (Fsp3) is 0.316. The Balaban J connectivity index is 1.93. The molecular formula is C19H24N2O2. The third kappa shape index (κ3) is 5.11. The lowest BCUT2D eigenvalue weighted by molar-refractivity contribution is 0.0697. The SMILES string of the molecule is CCN(CC)Cc1ccc(NCc2cccc(C(=O)O)c2)cc1. The Kier molecular flexibility index (Phi) is 6.18. The molecule has 0 aromatic heterocycles. The minimum absolute atomic E-state index is 0.318. The summed E-state index contributed by atoms with van der Waals surface area (Å²) in [6, 6.07) is 15.4. The summed E-state index contributed by atoms with van der Waals surface area (Å²) in [5, 5.41) is 12.3. The fourth-order valence-corrected chi connectivity index (χ4v) is 2.45. The van der Waals surface area contributed by atoms with E-state index in [1.807, 2.05) is 6.07 Å². The smallest absolute Gasteiger partial charge is 0.335 e. The molecule has 2 N–H and O–H groups in total. The standard InChI is InChI=1S/C19H24N2O2/c1-3-21(4-2)14-15-8-10-18(11-9-15)20-13-16-6-5-7-17(12-16)19(22)23/h5-12,20H,3-4,13-14H2,1-2H3,(H,22,23). The highest BCUT2D eigenvalue weighted by Crippen LogP contribution is 2.13. The van der Waals surface area contributed by atoms with E-state index in [0.717, 1.165) is 30.9 Å². The van der Waals surface area contributed by atoms with Gasteiger partial charge in [-0.3, -0.25) is 4.90 Å². The summed E-state index contributed by atoms with van der Waals surface area (Å²) in [7, 11) is 0. The molecule has 0 aliphatic heterocycles. The molecule has 4 nitrogen and oxygen atoms in total. The molecule has 2 rings (SSSR count). The van der Waals surface area contributed by atoms with E-state index in [4.69, 9.17) is 5.11 Å². The lowest BCUT2D eigenvalue weighted by Gasteiger charge is -2.18. The number of hydrogen-bond acceptors (Lipinski definition) is 3. The van der Waals surface area contributed by atoms with Crippen molar-refractivity contribution in [3.05, 3.63) is 65.2 Å². The number of benzene rings is 2. The van der Waals surface area contributed by atoms with Crippen LogP contribution in [0.2, 0.25) is 0 Å². The number of anilines is 1. The van der Waals surface area contributed by atoms with E-state index in [-0.39, 0.29) is 0 Å². The molecule has 0 fully saturated rings. The second kappa shape index (κ2) is 8.34. The van der Waals surface area contributed by atoms with Gasteiger partial charge in [0.1, 0.15) is 0 Å². The molecule has 2 aromatic carbocycles. The molecule has 0 radical (unpaired) electrons. The zero-order valence-electron chi connectivity index (χ0n) is 13.7. The van der Waals surface area contributed by atoms with Crippen LogP contribution in [0.1, 0.15) is 35.3 Å². The summed E-state index contributed by atoms with van der Waals surface area (Å²) in [6.45, 7) is 8.02. The summed E-state index contributed by atoms with van der Waals surface area (Å²) in [5.74, 6) is -0.896. The highest BCUT2D eigenvalue weighted by Gasteiger charge is 2.04. The van der Waals surface area contributed by atoms with Gasteiger partial charge in [-0.15, -0.1) is 0 Å². The van der Waals surface area contributed by atoms with Gasteiger partial charge in [0.15, 0.2) is 0 Å². The van der Waals surface area contributed by atoms with E-state index in [9.17, 15) is 4.79 Å². The third-order valence-electron chi connectivity index (χ3n) is 3.93. The maximum Gasteiger partial charge on any atom is 0.335 e. The van der Waals surface area contributed by atoms with E-state index in [2.05, 4.69) is 48.3 Å². The van der Waals surface area contributed by atoms with Crippen molar-refractivity contribution in [1.82, 2.24) is 4.90 Å². The monoisotopic (exact) mass is 312 g/mol. The van der Waals surface area contributed by atoms with E-state index < -0.39 is 5.97 Å². The molecule has 0 bridgehead atoms. The van der Waals surface area contributed by atoms with Crippen LogP contribution in [0, 0.1) is 0 Å². The van der Waals surface area contributed by atoms with Crippen molar-refractivity contribution in [3.8, 4) is 0 Å². The zero-order valence-corrected chi connectivity index (χ0v) is 13.7. The van der Waals surface area contributed by atoms with Crippen LogP contribution in [0.3, 0.4) is 0 Å². The van der Waals surface area contributed by atoms with Gasteiger partial charge in [-0.25, -0.2) is 4.79 Å². The molecule has 0 saturated heterocycles. The highest BCUT2D eigenvalue weighted by molar-refractivity contribution is 5.87. The number of rotatable bonds is 8. The minimum Gasteiger partial charge on any atom is -0.478 e. The maximum absolute atomic E-state index is 11.0. The van der Waals surface area contributed by atoms with Crippen molar-refractivity contribution in [3.63, 3.8) is 0 Å². The average Bonchev–Trinajstić information content (AvgIpc) is 2.59. The molecular weight excluding hydrogens is 288 g/mol. The van der Waals surface area contributed by atoms with Gasteiger partial charge in [0.05, 0.1) is 5.56 Å². The van der Waals surface area contributed by atoms with Crippen LogP contribution in [0.4, 0.5) is 5.69 Å². The van der Waals surface area contributed by atoms with E-state index >= 15 is 0 Å². The van der Waals surface area contributed by atoms with Crippen LogP contribution in [0.25, 0.3) is 0 Å². The van der Waals surface area contributed by atoms with Crippen molar-refractivity contribution >= 4 is 11.7 Å². The number of carboxylic acid groups (broad SMARTS) is 1. The van der Waals surface area contributed by atoms with Gasteiger partial charge >= 0.3 is 5.97 Å². The second-order valence-corrected chi connectivity index (χ2v) is 5.52. The Morgan fingerprint density at radius 1 is 1.04 bits per heavy atom. The second-order valence-electron chi connectivity index (χ2n) is 5.52. The Morgan fingerprint density at radius 2 is 1.74 bits per heavy atom. The summed E-state index contributed by atoms with van der Waals surface area (Å²) in [5.41, 5.74) is 3.61.